The first-order valence-electron chi connectivity index (χ1n) is 9.89. The Balaban J connectivity index is 1.63. The van der Waals surface area contributed by atoms with Crippen LogP contribution in [-0.2, 0) is 16.2 Å². The van der Waals surface area contributed by atoms with E-state index in [2.05, 4.69) is 15.1 Å². The van der Waals surface area contributed by atoms with Crippen molar-refractivity contribution in [1.29, 1.82) is 5.41 Å². The third kappa shape index (κ3) is 6.11. The molecule has 32 heavy (non-hydrogen) atoms. The van der Waals surface area contributed by atoms with Gasteiger partial charge in [0.1, 0.15) is 19.0 Å². The minimum absolute atomic E-state index is 0.0746. The van der Waals surface area contributed by atoms with Crippen LogP contribution in [0.25, 0.3) is 11.1 Å². The topological polar surface area (TPSA) is 159 Å². The molecule has 1 fully saturated rings. The van der Waals surface area contributed by atoms with Crippen molar-refractivity contribution >= 4 is 23.7 Å². The molecule has 0 bridgehead atoms. The quantitative estimate of drug-likeness (QED) is 0.215. The lowest BCUT2D eigenvalue weighted by Crippen LogP contribution is -2.36. The van der Waals surface area contributed by atoms with Crippen LogP contribution in [0.15, 0.2) is 35.7 Å². The molecular formula is C20H24FN7O4. The number of nitrogens with two attached hydrogens (primary N) is 1. The zero-order valence-electron chi connectivity index (χ0n) is 17.3. The second-order valence-corrected chi connectivity index (χ2v) is 6.87. The molecule has 1 amide bonds. The lowest BCUT2D eigenvalue weighted by Gasteiger charge is -2.27. The maximum absolute atomic E-state index is 14.9. The average molecular weight is 445 g/mol. The van der Waals surface area contributed by atoms with Gasteiger partial charge in [-0.25, -0.2) is 19.2 Å². The standard InChI is InChI=1S/C20H24FN7O4/c21-17-13(12-31-20(30)26-18(22)23)2-1-3-16(17)14-10-24-19(25-11-14)28-6-4-15(5-7-28)27-32-9-8-29/h1-3,10-11,29H,4-9,12H2,(H4,22,23,26,30). The predicted molar refractivity (Wildman–Crippen MR) is 115 cm³/mol. The highest BCUT2D eigenvalue weighted by Crippen LogP contribution is 2.25. The normalized spacial score (nSPS) is 13.4. The van der Waals surface area contributed by atoms with Gasteiger partial charge < -0.3 is 25.3 Å². The van der Waals surface area contributed by atoms with E-state index >= 15 is 0 Å². The number of amides is 1. The lowest BCUT2D eigenvalue weighted by molar-refractivity contribution is 0.0976. The zero-order chi connectivity index (χ0) is 22.9. The van der Waals surface area contributed by atoms with Crippen LogP contribution in [0.4, 0.5) is 15.1 Å². The minimum atomic E-state index is -0.940. The molecule has 0 aliphatic carbocycles. The van der Waals surface area contributed by atoms with Gasteiger partial charge in [-0.05, 0) is 0 Å². The molecule has 12 heteroatoms. The summed E-state index contributed by atoms with van der Waals surface area (Å²) in [6.45, 7) is 1.12. The van der Waals surface area contributed by atoms with Crippen LogP contribution < -0.4 is 16.0 Å². The fourth-order valence-corrected chi connectivity index (χ4v) is 3.06. The third-order valence-corrected chi connectivity index (χ3v) is 4.62. The first-order chi connectivity index (χ1) is 15.5. The van der Waals surface area contributed by atoms with E-state index < -0.39 is 17.9 Å². The highest BCUT2D eigenvalue weighted by molar-refractivity contribution is 5.90. The van der Waals surface area contributed by atoms with E-state index in [0.717, 1.165) is 5.71 Å². The number of nitrogens with one attached hydrogen (secondary N) is 2. The third-order valence-electron chi connectivity index (χ3n) is 4.62. The number of guanidine groups is 1. The SMILES string of the molecule is N=C(N)NC(=O)OCc1cccc(-c2cnc(N3CCC(=NOCCO)CC3)nc2)c1F. The largest absolute Gasteiger partial charge is 0.444 e. The number of carbonyl (C=O) groups is 1. The molecule has 170 valence electrons. The summed E-state index contributed by atoms with van der Waals surface area (Å²) in [5.41, 5.74) is 6.90. The number of aliphatic hydroxyl groups is 1. The van der Waals surface area contributed by atoms with Crippen LogP contribution in [0, 0.1) is 11.2 Å². The number of aliphatic hydroxyl groups excluding tert-OH is 1. The Kier molecular flexibility index (Phi) is 7.86. The molecule has 1 aliphatic rings. The summed E-state index contributed by atoms with van der Waals surface area (Å²) < 4.78 is 19.8. The number of piperidine rings is 1. The molecule has 0 spiro atoms. The highest BCUT2D eigenvalue weighted by atomic mass is 19.1. The fraction of sp³-hybridized carbons (Fsp3) is 0.350. The van der Waals surface area contributed by atoms with E-state index in [1.165, 1.54) is 6.07 Å². The van der Waals surface area contributed by atoms with E-state index in [1.807, 2.05) is 10.2 Å². The number of alkyl carbamates (subject to hydrolysis) is 1. The number of benzene rings is 1. The maximum Gasteiger partial charge on any atom is 0.414 e. The smallest absolute Gasteiger partial charge is 0.414 e. The van der Waals surface area contributed by atoms with E-state index in [4.69, 9.17) is 25.8 Å². The van der Waals surface area contributed by atoms with Gasteiger partial charge >= 0.3 is 6.09 Å². The molecule has 1 aliphatic heterocycles. The Morgan fingerprint density at radius 3 is 2.69 bits per heavy atom. The molecule has 2 aromatic rings. The molecule has 3 rings (SSSR count). The Labute approximate surface area is 183 Å². The first kappa shape index (κ1) is 22.9. The van der Waals surface area contributed by atoms with Gasteiger partial charge in [0.15, 0.2) is 5.96 Å². The van der Waals surface area contributed by atoms with E-state index in [0.29, 0.717) is 37.4 Å². The van der Waals surface area contributed by atoms with Crippen LogP contribution in [0.2, 0.25) is 0 Å². The van der Waals surface area contributed by atoms with Gasteiger partial charge in [-0.3, -0.25) is 10.7 Å². The second-order valence-electron chi connectivity index (χ2n) is 6.87. The van der Waals surface area contributed by atoms with Gasteiger partial charge in [-0.2, -0.15) is 0 Å². The predicted octanol–water partition coefficient (Wildman–Crippen LogP) is 1.37. The van der Waals surface area contributed by atoms with Crippen molar-refractivity contribution in [3.8, 4) is 11.1 Å². The average Bonchev–Trinajstić information content (AvgIpc) is 2.79. The number of halogens is 1. The number of aromatic nitrogens is 2. The number of rotatable bonds is 7. The molecule has 1 aromatic carbocycles. The van der Waals surface area contributed by atoms with E-state index in [1.54, 1.807) is 24.5 Å². The van der Waals surface area contributed by atoms with E-state index in [-0.39, 0.29) is 30.9 Å². The highest BCUT2D eigenvalue weighted by Gasteiger charge is 2.19. The summed E-state index contributed by atoms with van der Waals surface area (Å²) >= 11 is 0. The van der Waals surface area contributed by atoms with Gasteiger partial charge in [0.25, 0.3) is 0 Å². The van der Waals surface area contributed by atoms with Crippen LogP contribution in [0.5, 0.6) is 0 Å². The molecule has 5 N–H and O–H groups in total. The Morgan fingerprint density at radius 2 is 2.03 bits per heavy atom. The Bertz CT molecular complexity index is 974. The summed E-state index contributed by atoms with van der Waals surface area (Å²) in [5.74, 6) is -0.584. The van der Waals surface area contributed by atoms with Gasteiger partial charge in [-0.1, -0.05) is 23.4 Å². The van der Waals surface area contributed by atoms with Gasteiger partial charge in [0, 0.05) is 55.0 Å². The van der Waals surface area contributed by atoms with Crippen molar-refractivity contribution in [3.05, 3.63) is 42.0 Å². The fourth-order valence-electron chi connectivity index (χ4n) is 3.06. The number of nitrogens with zero attached hydrogens (tertiary/aromatic N) is 4. The summed E-state index contributed by atoms with van der Waals surface area (Å²) in [6, 6.07) is 4.72. The lowest BCUT2D eigenvalue weighted by atomic mass is 10.1. The van der Waals surface area contributed by atoms with Crippen LogP contribution in [0.1, 0.15) is 18.4 Å². The second kappa shape index (κ2) is 11.0. The minimum Gasteiger partial charge on any atom is -0.444 e. The van der Waals surface area contributed by atoms with Crippen molar-refractivity contribution in [3.63, 3.8) is 0 Å². The van der Waals surface area contributed by atoms with Crippen molar-refractivity contribution in [2.24, 2.45) is 10.9 Å². The summed E-state index contributed by atoms with van der Waals surface area (Å²) in [4.78, 5) is 27.2. The van der Waals surface area contributed by atoms with Crippen molar-refractivity contribution in [1.82, 2.24) is 15.3 Å². The molecule has 2 heterocycles. The maximum atomic E-state index is 14.9. The number of hydrogen-bond acceptors (Lipinski definition) is 9. The molecule has 0 atom stereocenters. The van der Waals surface area contributed by atoms with Gasteiger partial charge in [0.05, 0.1) is 12.3 Å². The Hall–Kier alpha value is -3.80. The summed E-state index contributed by atoms with van der Waals surface area (Å²) in [6.07, 6.45) is 3.54. The van der Waals surface area contributed by atoms with E-state index in [9.17, 15) is 9.18 Å². The van der Waals surface area contributed by atoms with Crippen LogP contribution in [-0.4, -0.2) is 59.1 Å². The number of carbonyl (C=O) groups excluding carboxylic acids is 1. The van der Waals surface area contributed by atoms with Crippen molar-refractivity contribution in [2.45, 2.75) is 19.4 Å². The molecule has 11 nitrogen and oxygen atoms in total. The van der Waals surface area contributed by atoms with Crippen molar-refractivity contribution in [2.75, 3.05) is 31.2 Å². The monoisotopic (exact) mass is 445 g/mol. The molecule has 1 saturated heterocycles. The molecule has 0 saturated carbocycles. The molecule has 0 radical (unpaired) electrons. The first-order valence-corrected chi connectivity index (χ1v) is 9.89. The zero-order valence-corrected chi connectivity index (χ0v) is 17.3. The Morgan fingerprint density at radius 1 is 1.31 bits per heavy atom. The summed E-state index contributed by atoms with van der Waals surface area (Å²) in [7, 11) is 0. The number of hydrogen-bond donors (Lipinski definition) is 4. The molecular weight excluding hydrogens is 421 g/mol. The molecule has 0 unspecified atom stereocenters. The van der Waals surface area contributed by atoms with Gasteiger partial charge in [-0.15, -0.1) is 0 Å². The number of oxime groups is 1. The molecule has 1 aromatic heterocycles. The van der Waals surface area contributed by atoms with Crippen LogP contribution >= 0.6 is 0 Å². The van der Waals surface area contributed by atoms with Crippen molar-refractivity contribution < 1.29 is 23.9 Å². The number of ether oxygens (including phenoxy) is 1. The number of anilines is 1. The summed E-state index contributed by atoms with van der Waals surface area (Å²) in [5, 5.41) is 21.7. The van der Waals surface area contributed by atoms with Gasteiger partial charge in [0.2, 0.25) is 5.95 Å². The van der Waals surface area contributed by atoms with Crippen LogP contribution in [0.3, 0.4) is 0 Å².